The molecule has 1 saturated heterocycles. The molecule has 0 bridgehead atoms. The molecule has 1 atom stereocenters. The van der Waals surface area contributed by atoms with Crippen molar-refractivity contribution in [3.8, 4) is 10.6 Å². The lowest BCUT2D eigenvalue weighted by Gasteiger charge is -2.10. The second kappa shape index (κ2) is 6.56. The van der Waals surface area contributed by atoms with Crippen LogP contribution in [0.25, 0.3) is 10.6 Å². The van der Waals surface area contributed by atoms with Crippen LogP contribution in [-0.2, 0) is 0 Å². The Labute approximate surface area is 132 Å². The standard InChI is InChI=1S/C15H16ClN3OS/c16-12-6-2-1-5-11(12)15-19-13(9-21-15)14(20)18-8-10-4-3-7-17-10/h1-2,5-6,9-10,17H,3-4,7-8H2,(H,18,20). The lowest BCUT2D eigenvalue weighted by atomic mass is 10.2. The van der Waals surface area contributed by atoms with Crippen LogP contribution in [0.5, 0.6) is 0 Å². The van der Waals surface area contributed by atoms with Crippen molar-refractivity contribution in [3.63, 3.8) is 0 Å². The molecule has 6 heteroatoms. The largest absolute Gasteiger partial charge is 0.349 e. The van der Waals surface area contributed by atoms with Crippen LogP contribution >= 0.6 is 22.9 Å². The normalized spacial score (nSPS) is 17.9. The molecule has 2 N–H and O–H groups in total. The molecule has 1 fully saturated rings. The number of amides is 1. The second-order valence-corrected chi connectivity index (χ2v) is 6.29. The van der Waals surface area contributed by atoms with Gasteiger partial charge in [-0.25, -0.2) is 4.98 Å². The Morgan fingerprint density at radius 2 is 2.33 bits per heavy atom. The van der Waals surface area contributed by atoms with E-state index in [0.29, 0.717) is 23.3 Å². The zero-order valence-electron chi connectivity index (χ0n) is 11.4. The highest BCUT2D eigenvalue weighted by atomic mass is 35.5. The first-order valence-electron chi connectivity index (χ1n) is 6.96. The number of halogens is 1. The number of nitrogens with one attached hydrogen (secondary N) is 2. The summed E-state index contributed by atoms with van der Waals surface area (Å²) >= 11 is 7.58. The van der Waals surface area contributed by atoms with E-state index in [1.165, 1.54) is 17.8 Å². The molecule has 21 heavy (non-hydrogen) atoms. The van der Waals surface area contributed by atoms with Crippen LogP contribution < -0.4 is 10.6 Å². The smallest absolute Gasteiger partial charge is 0.270 e. The molecular formula is C15H16ClN3OS. The van der Waals surface area contributed by atoms with Gasteiger partial charge in [-0.15, -0.1) is 11.3 Å². The molecule has 0 saturated carbocycles. The first kappa shape index (κ1) is 14.5. The maximum atomic E-state index is 12.1. The van der Waals surface area contributed by atoms with Gasteiger partial charge in [0, 0.05) is 23.5 Å². The highest BCUT2D eigenvalue weighted by molar-refractivity contribution is 7.13. The summed E-state index contributed by atoms with van der Waals surface area (Å²) in [6, 6.07) is 7.90. The number of carbonyl (C=O) groups excluding carboxylic acids is 1. The van der Waals surface area contributed by atoms with Gasteiger partial charge in [-0.2, -0.15) is 0 Å². The second-order valence-electron chi connectivity index (χ2n) is 5.02. The average molecular weight is 322 g/mol. The van der Waals surface area contributed by atoms with Crippen LogP contribution in [0.1, 0.15) is 23.3 Å². The van der Waals surface area contributed by atoms with E-state index in [0.717, 1.165) is 23.5 Å². The minimum Gasteiger partial charge on any atom is -0.349 e. The Kier molecular flexibility index (Phi) is 4.53. The van der Waals surface area contributed by atoms with E-state index in [4.69, 9.17) is 11.6 Å². The van der Waals surface area contributed by atoms with Crippen molar-refractivity contribution in [1.82, 2.24) is 15.6 Å². The summed E-state index contributed by atoms with van der Waals surface area (Å²) in [4.78, 5) is 16.5. The van der Waals surface area contributed by atoms with Gasteiger partial charge in [0.2, 0.25) is 0 Å². The van der Waals surface area contributed by atoms with Crippen LogP contribution in [-0.4, -0.2) is 30.0 Å². The van der Waals surface area contributed by atoms with E-state index in [1.54, 1.807) is 5.38 Å². The van der Waals surface area contributed by atoms with Crippen LogP contribution in [0.3, 0.4) is 0 Å². The fraction of sp³-hybridized carbons (Fsp3) is 0.333. The number of rotatable bonds is 4. The molecule has 4 nitrogen and oxygen atoms in total. The molecule has 110 valence electrons. The van der Waals surface area contributed by atoms with Crippen LogP contribution in [0.15, 0.2) is 29.6 Å². The van der Waals surface area contributed by atoms with Gasteiger partial charge in [0.15, 0.2) is 0 Å². The highest BCUT2D eigenvalue weighted by Crippen LogP contribution is 2.29. The minimum absolute atomic E-state index is 0.127. The molecule has 1 aliphatic heterocycles. The maximum Gasteiger partial charge on any atom is 0.270 e. The van der Waals surface area contributed by atoms with E-state index >= 15 is 0 Å². The van der Waals surface area contributed by atoms with Gasteiger partial charge >= 0.3 is 0 Å². The van der Waals surface area contributed by atoms with Crippen molar-refractivity contribution in [2.24, 2.45) is 0 Å². The summed E-state index contributed by atoms with van der Waals surface area (Å²) in [5, 5.41) is 9.47. The molecule has 1 aromatic carbocycles. The molecule has 0 spiro atoms. The van der Waals surface area contributed by atoms with Gasteiger partial charge in [-0.3, -0.25) is 4.79 Å². The molecule has 1 unspecified atom stereocenters. The molecule has 1 amide bonds. The number of thiazole rings is 1. The number of hydrogen-bond acceptors (Lipinski definition) is 4. The van der Waals surface area contributed by atoms with Crippen molar-refractivity contribution < 1.29 is 4.79 Å². The van der Waals surface area contributed by atoms with Crippen LogP contribution in [0.4, 0.5) is 0 Å². The SMILES string of the molecule is O=C(NCC1CCCN1)c1csc(-c2ccccc2Cl)n1. The fourth-order valence-electron chi connectivity index (χ4n) is 2.37. The molecular weight excluding hydrogens is 306 g/mol. The third-order valence-corrected chi connectivity index (χ3v) is 4.72. The number of hydrogen-bond donors (Lipinski definition) is 2. The third kappa shape index (κ3) is 3.43. The zero-order valence-corrected chi connectivity index (χ0v) is 13.0. The van der Waals surface area contributed by atoms with Crippen molar-refractivity contribution >= 4 is 28.8 Å². The maximum absolute atomic E-state index is 12.1. The Morgan fingerprint density at radius 3 is 3.10 bits per heavy atom. The predicted molar refractivity (Wildman–Crippen MR) is 85.9 cm³/mol. The van der Waals surface area contributed by atoms with Gasteiger partial charge in [0.1, 0.15) is 10.7 Å². The first-order valence-corrected chi connectivity index (χ1v) is 8.22. The quantitative estimate of drug-likeness (QED) is 0.910. The van der Waals surface area contributed by atoms with Gasteiger partial charge in [-0.05, 0) is 25.5 Å². The monoisotopic (exact) mass is 321 g/mol. The predicted octanol–water partition coefficient (Wildman–Crippen LogP) is 2.95. The van der Waals surface area contributed by atoms with Gasteiger partial charge in [0.25, 0.3) is 5.91 Å². The minimum atomic E-state index is -0.127. The van der Waals surface area contributed by atoms with Crippen LogP contribution in [0.2, 0.25) is 5.02 Å². The zero-order chi connectivity index (χ0) is 14.7. The number of carbonyl (C=O) groups is 1. The first-order chi connectivity index (χ1) is 10.2. The molecule has 2 heterocycles. The summed E-state index contributed by atoms with van der Waals surface area (Å²) in [6.07, 6.45) is 2.29. The summed E-state index contributed by atoms with van der Waals surface area (Å²) in [7, 11) is 0. The summed E-state index contributed by atoms with van der Waals surface area (Å²) in [5.41, 5.74) is 1.31. The number of nitrogens with zero attached hydrogens (tertiary/aromatic N) is 1. The van der Waals surface area contributed by atoms with Gasteiger partial charge in [0.05, 0.1) is 5.02 Å². The van der Waals surface area contributed by atoms with Crippen molar-refractivity contribution in [3.05, 3.63) is 40.4 Å². The molecule has 0 aliphatic carbocycles. The third-order valence-electron chi connectivity index (χ3n) is 3.51. The number of aromatic nitrogens is 1. The Balaban J connectivity index is 1.66. The Bertz CT molecular complexity index is 637. The Hall–Kier alpha value is -1.43. The summed E-state index contributed by atoms with van der Waals surface area (Å²) in [5.74, 6) is -0.127. The van der Waals surface area contributed by atoms with Crippen LogP contribution in [0, 0.1) is 0 Å². The number of benzene rings is 1. The van der Waals surface area contributed by atoms with E-state index in [-0.39, 0.29) is 5.91 Å². The van der Waals surface area contributed by atoms with E-state index < -0.39 is 0 Å². The molecule has 0 radical (unpaired) electrons. The lowest BCUT2D eigenvalue weighted by molar-refractivity contribution is 0.0946. The van der Waals surface area contributed by atoms with Crippen molar-refractivity contribution in [1.29, 1.82) is 0 Å². The van der Waals surface area contributed by atoms with Gasteiger partial charge < -0.3 is 10.6 Å². The van der Waals surface area contributed by atoms with E-state index in [9.17, 15) is 4.79 Å². The lowest BCUT2D eigenvalue weighted by Crippen LogP contribution is -2.37. The van der Waals surface area contributed by atoms with E-state index in [2.05, 4.69) is 15.6 Å². The fourth-order valence-corrected chi connectivity index (χ4v) is 3.49. The Morgan fingerprint density at radius 1 is 1.48 bits per heavy atom. The average Bonchev–Trinajstić information content (AvgIpc) is 3.17. The molecule has 2 aromatic rings. The van der Waals surface area contributed by atoms with E-state index in [1.807, 2.05) is 24.3 Å². The molecule has 3 rings (SSSR count). The van der Waals surface area contributed by atoms with Crippen molar-refractivity contribution in [2.75, 3.05) is 13.1 Å². The highest BCUT2D eigenvalue weighted by Gasteiger charge is 2.17. The molecule has 1 aliphatic rings. The van der Waals surface area contributed by atoms with Gasteiger partial charge in [-0.1, -0.05) is 29.8 Å². The van der Waals surface area contributed by atoms with Crippen molar-refractivity contribution in [2.45, 2.75) is 18.9 Å². The summed E-state index contributed by atoms with van der Waals surface area (Å²) in [6.45, 7) is 1.69. The topological polar surface area (TPSA) is 54.0 Å². The molecule has 1 aromatic heterocycles. The summed E-state index contributed by atoms with van der Waals surface area (Å²) < 4.78 is 0.